The topological polar surface area (TPSA) is 119 Å². The van der Waals surface area contributed by atoms with Crippen LogP contribution in [0.3, 0.4) is 0 Å². The first kappa shape index (κ1) is 30.5. The maximum absolute atomic E-state index is 13.0. The van der Waals surface area contributed by atoms with E-state index >= 15 is 0 Å². The number of nitrogens with one attached hydrogen (secondary N) is 1. The zero-order valence-electron chi connectivity index (χ0n) is 25.1. The van der Waals surface area contributed by atoms with Crippen molar-refractivity contribution in [3.8, 4) is 0 Å². The zero-order chi connectivity index (χ0) is 30.1. The molecule has 0 aliphatic heterocycles. The minimum Gasteiger partial charge on any atom is -0.464 e. The summed E-state index contributed by atoms with van der Waals surface area (Å²) in [5.74, 6) is 0.225. The van der Waals surface area contributed by atoms with E-state index in [4.69, 9.17) is 9.47 Å². The highest BCUT2D eigenvalue weighted by Crippen LogP contribution is 2.65. The van der Waals surface area contributed by atoms with Crippen LogP contribution in [-0.4, -0.2) is 47.5 Å². The van der Waals surface area contributed by atoms with Gasteiger partial charge < -0.3 is 19.9 Å². The summed E-state index contributed by atoms with van der Waals surface area (Å²) >= 11 is 0. The SMILES string of the molecule is CCOC(=O)C(NC(=O)CCC(=O)OC1CCC2C3CCC4=CC(=O)CC[C@]4(C)C3CC[C@]12C)C(O)c1ccccc1. The molecule has 0 saturated heterocycles. The standard InChI is InChI=1S/C34H45NO7/c1-4-41-32(40)30(31(39)21-8-6-5-7-9-21)35-28(37)14-15-29(38)42-27-13-12-25-24-11-10-22-20-23(36)16-18-33(22,2)26(24)17-19-34(25,27)3/h5-9,20,24-27,30-31,39H,4,10-19H2,1-3H3,(H,35,37)/t24?,25?,26?,27?,30?,31?,33-,34-/m0/s1. The van der Waals surface area contributed by atoms with Gasteiger partial charge in [-0.2, -0.15) is 0 Å². The number of allylic oxidation sites excluding steroid dienone is 1. The largest absolute Gasteiger partial charge is 0.464 e. The highest BCUT2D eigenvalue weighted by Gasteiger charge is 2.60. The number of ether oxygens (including phenoxy) is 2. The van der Waals surface area contributed by atoms with E-state index in [2.05, 4.69) is 19.2 Å². The molecule has 1 aromatic carbocycles. The molecule has 0 radical (unpaired) electrons. The summed E-state index contributed by atoms with van der Waals surface area (Å²) in [6.07, 6.45) is 7.81. The minimum atomic E-state index is -1.28. The number of aliphatic hydroxyl groups excluding tert-OH is 1. The molecule has 42 heavy (non-hydrogen) atoms. The van der Waals surface area contributed by atoms with Gasteiger partial charge in [-0.05, 0) is 86.7 Å². The van der Waals surface area contributed by atoms with Crippen LogP contribution in [-0.2, 0) is 28.7 Å². The van der Waals surface area contributed by atoms with Gasteiger partial charge in [0.2, 0.25) is 5.91 Å². The van der Waals surface area contributed by atoms with E-state index in [0.717, 1.165) is 44.9 Å². The molecule has 8 nitrogen and oxygen atoms in total. The van der Waals surface area contributed by atoms with Crippen LogP contribution in [0, 0.1) is 28.6 Å². The normalized spacial score (nSPS) is 33.2. The van der Waals surface area contributed by atoms with Gasteiger partial charge in [-0.3, -0.25) is 14.4 Å². The van der Waals surface area contributed by atoms with Crippen LogP contribution in [0.15, 0.2) is 42.0 Å². The number of carbonyl (C=O) groups is 4. The maximum Gasteiger partial charge on any atom is 0.331 e. The second kappa shape index (κ2) is 12.3. The molecule has 0 aromatic heterocycles. The van der Waals surface area contributed by atoms with Crippen LogP contribution in [0.25, 0.3) is 0 Å². The third kappa shape index (κ3) is 5.79. The summed E-state index contributed by atoms with van der Waals surface area (Å²) in [4.78, 5) is 50.4. The molecule has 4 aliphatic carbocycles. The number of aliphatic hydroxyl groups is 1. The van der Waals surface area contributed by atoms with Crippen molar-refractivity contribution >= 4 is 23.6 Å². The Morgan fingerprint density at radius 1 is 1.00 bits per heavy atom. The number of hydrogen-bond acceptors (Lipinski definition) is 7. The lowest BCUT2D eigenvalue weighted by molar-refractivity contribution is -0.160. The van der Waals surface area contributed by atoms with Crippen LogP contribution >= 0.6 is 0 Å². The molecule has 8 atom stereocenters. The van der Waals surface area contributed by atoms with E-state index in [0.29, 0.717) is 29.7 Å². The van der Waals surface area contributed by atoms with Crippen LogP contribution < -0.4 is 5.32 Å². The molecule has 3 saturated carbocycles. The Morgan fingerprint density at radius 3 is 2.50 bits per heavy atom. The number of esters is 2. The van der Waals surface area contributed by atoms with Gasteiger partial charge >= 0.3 is 11.9 Å². The molecule has 0 spiro atoms. The number of fused-ring (bicyclic) bond motifs is 5. The lowest BCUT2D eigenvalue weighted by Gasteiger charge is -2.57. The molecule has 6 unspecified atom stereocenters. The average Bonchev–Trinajstić information content (AvgIpc) is 3.31. The number of ketones is 1. The Kier molecular flexibility index (Phi) is 8.93. The maximum atomic E-state index is 13.0. The molecule has 3 fully saturated rings. The Bertz CT molecular complexity index is 1230. The van der Waals surface area contributed by atoms with Crippen molar-refractivity contribution in [3.63, 3.8) is 0 Å². The summed E-state index contributed by atoms with van der Waals surface area (Å²) in [6, 6.07) is 7.32. The first-order valence-corrected chi connectivity index (χ1v) is 15.7. The first-order chi connectivity index (χ1) is 20.1. The van der Waals surface area contributed by atoms with Crippen molar-refractivity contribution < 1.29 is 33.8 Å². The molecular formula is C34H45NO7. The van der Waals surface area contributed by atoms with Gasteiger partial charge in [-0.15, -0.1) is 0 Å². The number of hydrogen-bond donors (Lipinski definition) is 2. The summed E-state index contributed by atoms with van der Waals surface area (Å²) < 4.78 is 11.1. The summed E-state index contributed by atoms with van der Waals surface area (Å²) in [6.45, 7) is 6.41. The molecule has 8 heteroatoms. The molecule has 1 aromatic rings. The number of rotatable bonds is 9. The Morgan fingerprint density at radius 2 is 1.76 bits per heavy atom. The molecular weight excluding hydrogens is 534 g/mol. The Labute approximate surface area is 248 Å². The van der Waals surface area contributed by atoms with Gasteiger partial charge in [0.05, 0.1) is 13.0 Å². The van der Waals surface area contributed by atoms with Gasteiger partial charge in [0.15, 0.2) is 11.8 Å². The van der Waals surface area contributed by atoms with Crippen LogP contribution in [0.5, 0.6) is 0 Å². The van der Waals surface area contributed by atoms with Gasteiger partial charge in [-0.25, -0.2) is 4.79 Å². The average molecular weight is 580 g/mol. The number of amides is 1. The van der Waals surface area contributed by atoms with Crippen LogP contribution in [0.1, 0.15) is 96.6 Å². The van der Waals surface area contributed by atoms with Crippen molar-refractivity contribution in [1.29, 1.82) is 0 Å². The zero-order valence-corrected chi connectivity index (χ0v) is 25.1. The highest BCUT2D eigenvalue weighted by atomic mass is 16.5. The van der Waals surface area contributed by atoms with Crippen molar-refractivity contribution in [2.24, 2.45) is 28.6 Å². The molecule has 5 rings (SSSR count). The molecule has 0 bridgehead atoms. The molecule has 0 heterocycles. The van der Waals surface area contributed by atoms with Crippen molar-refractivity contribution in [2.75, 3.05) is 6.61 Å². The van der Waals surface area contributed by atoms with Gasteiger partial charge in [0.1, 0.15) is 12.2 Å². The van der Waals surface area contributed by atoms with Crippen molar-refractivity contribution in [2.45, 2.75) is 103 Å². The Hall–Kier alpha value is -3.00. The van der Waals surface area contributed by atoms with E-state index in [1.807, 2.05) is 6.08 Å². The van der Waals surface area contributed by atoms with Gasteiger partial charge in [-0.1, -0.05) is 49.8 Å². The second-order valence-corrected chi connectivity index (χ2v) is 13.2. The van der Waals surface area contributed by atoms with E-state index in [9.17, 15) is 24.3 Å². The molecule has 4 aliphatic rings. The minimum absolute atomic E-state index is 0.0874. The van der Waals surface area contributed by atoms with E-state index in [1.165, 1.54) is 5.57 Å². The number of carbonyl (C=O) groups excluding carboxylic acids is 4. The molecule has 1 amide bonds. The van der Waals surface area contributed by atoms with Gasteiger partial charge in [0, 0.05) is 18.3 Å². The van der Waals surface area contributed by atoms with Crippen LogP contribution in [0.2, 0.25) is 0 Å². The van der Waals surface area contributed by atoms with E-state index in [1.54, 1.807) is 37.3 Å². The lowest BCUT2D eigenvalue weighted by atomic mass is 9.47. The fraction of sp³-hybridized carbons (Fsp3) is 0.647. The van der Waals surface area contributed by atoms with Crippen molar-refractivity contribution in [3.05, 3.63) is 47.5 Å². The lowest BCUT2D eigenvalue weighted by Crippen LogP contribution is -2.51. The monoisotopic (exact) mass is 579 g/mol. The predicted octanol–water partition coefficient (Wildman–Crippen LogP) is 4.99. The van der Waals surface area contributed by atoms with Gasteiger partial charge in [0.25, 0.3) is 0 Å². The molecule has 228 valence electrons. The summed E-state index contributed by atoms with van der Waals surface area (Å²) in [5, 5.41) is 13.3. The molecule has 2 N–H and O–H groups in total. The smallest absolute Gasteiger partial charge is 0.331 e. The van der Waals surface area contributed by atoms with E-state index < -0.39 is 30.0 Å². The first-order valence-electron chi connectivity index (χ1n) is 15.7. The van der Waals surface area contributed by atoms with Crippen LogP contribution in [0.4, 0.5) is 0 Å². The predicted molar refractivity (Wildman–Crippen MR) is 156 cm³/mol. The highest BCUT2D eigenvalue weighted by molar-refractivity contribution is 5.91. The fourth-order valence-electron chi connectivity index (χ4n) is 8.73. The third-order valence-electron chi connectivity index (χ3n) is 11.0. The fourth-order valence-corrected chi connectivity index (χ4v) is 8.73. The Balaban J connectivity index is 1.17. The quantitative estimate of drug-likeness (QED) is 0.396. The van der Waals surface area contributed by atoms with Crippen molar-refractivity contribution in [1.82, 2.24) is 5.32 Å². The third-order valence-corrected chi connectivity index (χ3v) is 11.0. The summed E-state index contributed by atoms with van der Waals surface area (Å²) in [5.41, 5.74) is 1.85. The number of benzene rings is 1. The summed E-state index contributed by atoms with van der Waals surface area (Å²) in [7, 11) is 0. The van der Waals surface area contributed by atoms with E-state index in [-0.39, 0.29) is 42.2 Å². The second-order valence-electron chi connectivity index (χ2n) is 13.2.